The van der Waals surface area contributed by atoms with Crippen LogP contribution in [0, 0.1) is 29.1 Å². The van der Waals surface area contributed by atoms with Crippen molar-refractivity contribution in [1.29, 1.82) is 0 Å². The first-order valence-electron chi connectivity index (χ1n) is 16.1. The fourth-order valence-corrected chi connectivity index (χ4v) is 7.64. The normalized spacial score (nSPS) is 33.4. The summed E-state index contributed by atoms with van der Waals surface area (Å²) in [6.07, 6.45) is 1.82. The minimum absolute atomic E-state index is 0.0259. The smallest absolute Gasteiger partial charge is 0.408 e. The summed E-state index contributed by atoms with van der Waals surface area (Å²) in [5.41, 5.74) is -0.776. The quantitative estimate of drug-likeness (QED) is 0.415. The minimum atomic E-state index is -3.29. The van der Waals surface area contributed by atoms with Crippen molar-refractivity contribution < 1.29 is 37.4 Å². The van der Waals surface area contributed by atoms with E-state index >= 15 is 8.78 Å². The summed E-state index contributed by atoms with van der Waals surface area (Å²) in [6, 6.07) is 4.71. The Labute approximate surface area is 262 Å². The van der Waals surface area contributed by atoms with E-state index in [9.17, 15) is 14.4 Å². The predicted octanol–water partition coefficient (Wildman–Crippen LogP) is 5.87. The van der Waals surface area contributed by atoms with Crippen molar-refractivity contribution in [2.45, 2.75) is 96.4 Å². The predicted molar refractivity (Wildman–Crippen MR) is 162 cm³/mol. The number of alkyl carbamates (subject to hydrolysis) is 1. The van der Waals surface area contributed by atoms with Crippen LogP contribution >= 0.6 is 0 Å². The Morgan fingerprint density at radius 3 is 2.58 bits per heavy atom. The number of aldehydes is 1. The number of hydrogen-bond donors (Lipinski definition) is 1. The van der Waals surface area contributed by atoms with E-state index in [2.05, 4.69) is 10.3 Å². The van der Waals surface area contributed by atoms with Gasteiger partial charge in [-0.3, -0.25) is 4.79 Å². The lowest BCUT2D eigenvalue weighted by Crippen LogP contribution is -2.56. The molecule has 2 unspecified atom stereocenters. The van der Waals surface area contributed by atoms with Crippen LogP contribution in [0.1, 0.15) is 71.9 Å². The third-order valence-electron chi connectivity index (χ3n) is 10.3. The van der Waals surface area contributed by atoms with E-state index < -0.39 is 59.6 Å². The highest BCUT2D eigenvalue weighted by Crippen LogP contribution is 2.58. The number of rotatable bonds is 2. The van der Waals surface area contributed by atoms with Crippen molar-refractivity contribution in [3.05, 3.63) is 30.0 Å². The molecule has 6 rings (SSSR count). The van der Waals surface area contributed by atoms with E-state index in [-0.39, 0.29) is 30.7 Å². The summed E-state index contributed by atoms with van der Waals surface area (Å²) >= 11 is 0. The number of pyridine rings is 1. The van der Waals surface area contributed by atoms with Crippen LogP contribution in [0.25, 0.3) is 10.9 Å². The summed E-state index contributed by atoms with van der Waals surface area (Å²) in [5, 5.41) is 3.39. The molecule has 3 fully saturated rings. The molecule has 4 aliphatic rings. The maximum absolute atomic E-state index is 16.1. The molecule has 9 nitrogen and oxygen atoms in total. The van der Waals surface area contributed by atoms with Gasteiger partial charge in [0.05, 0.1) is 25.2 Å². The van der Waals surface area contributed by atoms with Crippen LogP contribution in [-0.4, -0.2) is 66.1 Å². The van der Waals surface area contributed by atoms with Crippen LogP contribution in [0.2, 0.25) is 0 Å². The number of fused-ring (bicyclic) bond motifs is 7. The Hall–Kier alpha value is -3.50. The lowest BCUT2D eigenvalue weighted by atomic mass is 9.85. The summed E-state index contributed by atoms with van der Waals surface area (Å²) in [6.45, 7) is 7.24. The Morgan fingerprint density at radius 2 is 1.87 bits per heavy atom. The van der Waals surface area contributed by atoms with Crippen LogP contribution in [-0.2, 0) is 20.2 Å². The highest BCUT2D eigenvalue weighted by Gasteiger charge is 2.55. The first-order valence-corrected chi connectivity index (χ1v) is 16.1. The first-order chi connectivity index (χ1) is 21.3. The number of methoxy groups -OCH3 is 1. The number of hydrogen-bond acceptors (Lipinski definition) is 7. The molecule has 1 aromatic carbocycles. The number of carbonyl (C=O) groups excluding carboxylic acids is 3. The number of benzene rings is 1. The van der Waals surface area contributed by atoms with Crippen LogP contribution in [0.4, 0.5) is 13.6 Å². The van der Waals surface area contributed by atoms with E-state index in [1.54, 1.807) is 31.2 Å². The number of halogens is 2. The van der Waals surface area contributed by atoms with Gasteiger partial charge in [0.2, 0.25) is 5.91 Å². The topological polar surface area (TPSA) is 107 Å². The molecule has 2 amide bonds. The standard InChI is InChI=1S/C34H43F2N3O6/c1-18-25(17-40)39-16-28(18)44-27-15-20-12-21(43-5)9-10-24(20)37-29(27)34(35,36)11-7-6-8-22-23-13-19(23)14-26(22)45-32(42)38-30(31(39)41)33(2,3)4/h9-10,12,15,17-19,22-23,25-26,28,30H,6-8,11,13-14,16H2,1-5H3,(H,38,42)/t18-,19?,22+,23?,25+,26+,28-,30+/m0/s1. The molecule has 0 spiro atoms. The average Bonchev–Trinajstić information content (AvgIpc) is 3.56. The molecular weight excluding hydrogens is 584 g/mol. The second-order valence-electron chi connectivity index (χ2n) is 14.4. The van der Waals surface area contributed by atoms with Gasteiger partial charge in [0.15, 0.2) is 5.69 Å². The monoisotopic (exact) mass is 627 g/mol. The zero-order valence-corrected chi connectivity index (χ0v) is 26.6. The number of nitrogens with zero attached hydrogens (tertiary/aromatic N) is 2. The Morgan fingerprint density at radius 1 is 1.09 bits per heavy atom. The van der Waals surface area contributed by atoms with Gasteiger partial charge in [0, 0.05) is 17.7 Å². The van der Waals surface area contributed by atoms with Gasteiger partial charge in [-0.1, -0.05) is 34.1 Å². The first kappa shape index (κ1) is 31.5. The van der Waals surface area contributed by atoms with Gasteiger partial charge >= 0.3 is 6.09 Å². The molecule has 8 atom stereocenters. The van der Waals surface area contributed by atoms with Gasteiger partial charge in [0.1, 0.15) is 36.0 Å². The molecule has 2 aliphatic carbocycles. The number of nitrogens with one attached hydrogen (secondary N) is 1. The molecule has 2 aliphatic heterocycles. The molecule has 2 bridgehead atoms. The van der Waals surface area contributed by atoms with Gasteiger partial charge in [0.25, 0.3) is 5.92 Å². The molecular formula is C34H43F2N3O6. The summed E-state index contributed by atoms with van der Waals surface area (Å²) in [5.74, 6) is -2.77. The maximum atomic E-state index is 16.1. The van der Waals surface area contributed by atoms with E-state index in [0.29, 0.717) is 47.6 Å². The van der Waals surface area contributed by atoms with Crippen LogP contribution in [0.15, 0.2) is 24.3 Å². The summed E-state index contributed by atoms with van der Waals surface area (Å²) in [7, 11) is 1.52. The van der Waals surface area contributed by atoms with Crippen molar-refractivity contribution in [2.75, 3.05) is 13.7 Å². The van der Waals surface area contributed by atoms with Crippen molar-refractivity contribution in [3.63, 3.8) is 0 Å². The second-order valence-corrected chi connectivity index (χ2v) is 14.4. The molecule has 2 aromatic rings. The maximum Gasteiger partial charge on any atom is 0.408 e. The van der Waals surface area contributed by atoms with Crippen molar-refractivity contribution in [1.82, 2.24) is 15.2 Å². The Kier molecular flexibility index (Phi) is 8.18. The summed E-state index contributed by atoms with van der Waals surface area (Å²) < 4.78 is 49.7. The van der Waals surface area contributed by atoms with Crippen LogP contribution in [0.3, 0.4) is 0 Å². The second kappa shape index (κ2) is 11.7. The largest absolute Gasteiger partial charge is 0.497 e. The fourth-order valence-electron chi connectivity index (χ4n) is 7.64. The Bertz CT molecular complexity index is 1480. The lowest BCUT2D eigenvalue weighted by Gasteiger charge is -2.35. The number of amides is 2. The van der Waals surface area contributed by atoms with Gasteiger partial charge in [-0.25, -0.2) is 9.78 Å². The van der Waals surface area contributed by atoms with E-state index in [1.165, 1.54) is 12.0 Å². The van der Waals surface area contributed by atoms with Gasteiger partial charge < -0.3 is 29.2 Å². The van der Waals surface area contributed by atoms with E-state index in [1.807, 2.05) is 20.8 Å². The number of alkyl halides is 2. The fraction of sp³-hybridized carbons (Fsp3) is 0.647. The van der Waals surface area contributed by atoms with Crippen molar-refractivity contribution in [3.8, 4) is 11.5 Å². The van der Waals surface area contributed by atoms with Crippen LogP contribution < -0.4 is 14.8 Å². The van der Waals surface area contributed by atoms with Gasteiger partial charge in [-0.05, 0) is 73.1 Å². The summed E-state index contributed by atoms with van der Waals surface area (Å²) in [4.78, 5) is 45.5. The van der Waals surface area contributed by atoms with Crippen molar-refractivity contribution >= 4 is 29.2 Å². The third-order valence-corrected chi connectivity index (χ3v) is 10.3. The highest BCUT2D eigenvalue weighted by atomic mass is 19.3. The minimum Gasteiger partial charge on any atom is -0.497 e. The lowest BCUT2D eigenvalue weighted by molar-refractivity contribution is -0.139. The van der Waals surface area contributed by atoms with Crippen molar-refractivity contribution in [2.24, 2.45) is 29.1 Å². The third kappa shape index (κ3) is 6.06. The molecule has 45 heavy (non-hydrogen) atoms. The molecule has 11 heteroatoms. The zero-order valence-electron chi connectivity index (χ0n) is 26.6. The van der Waals surface area contributed by atoms with E-state index in [4.69, 9.17) is 14.2 Å². The molecule has 1 N–H and O–H groups in total. The molecule has 1 saturated heterocycles. The molecule has 3 heterocycles. The average molecular weight is 628 g/mol. The molecule has 244 valence electrons. The van der Waals surface area contributed by atoms with Gasteiger partial charge in [-0.2, -0.15) is 8.78 Å². The number of ether oxygens (including phenoxy) is 3. The molecule has 0 radical (unpaired) electrons. The highest BCUT2D eigenvalue weighted by molar-refractivity contribution is 5.89. The number of carbonyl (C=O) groups is 3. The SMILES string of the molecule is COc1ccc2nc3c(cc2c1)O[C@H]1CN(C(=O)[C@H](C(C)(C)C)NC(=O)O[C@@H]2CC4CC4[C@H]2CCCCC3(F)F)[C@H](C=O)[C@@H]1C. The van der Waals surface area contributed by atoms with Crippen LogP contribution in [0.5, 0.6) is 11.5 Å². The van der Waals surface area contributed by atoms with E-state index in [0.717, 1.165) is 12.8 Å². The van der Waals surface area contributed by atoms with Gasteiger partial charge in [-0.15, -0.1) is 0 Å². The number of aromatic nitrogens is 1. The Balaban J connectivity index is 1.39. The molecule has 2 saturated carbocycles. The molecule has 1 aromatic heterocycles. The zero-order chi connectivity index (χ0) is 32.3.